The monoisotopic (exact) mass is 315 g/mol. The van der Waals surface area contributed by atoms with E-state index in [1.807, 2.05) is 32.0 Å². The zero-order valence-corrected chi connectivity index (χ0v) is 13.2. The summed E-state index contributed by atoms with van der Waals surface area (Å²) in [6.45, 7) is 3.96. The van der Waals surface area contributed by atoms with Crippen molar-refractivity contribution in [2.45, 2.75) is 26.3 Å². The SMILES string of the molecule is Cc1ccc(N(C(=O)CCl)C2CCS(=O)(=O)C2)cc1C. The van der Waals surface area contributed by atoms with E-state index in [-0.39, 0.29) is 29.3 Å². The lowest BCUT2D eigenvalue weighted by Crippen LogP contribution is -2.42. The maximum absolute atomic E-state index is 12.1. The summed E-state index contributed by atoms with van der Waals surface area (Å²) < 4.78 is 23.3. The van der Waals surface area contributed by atoms with Gasteiger partial charge in [-0.2, -0.15) is 0 Å². The normalized spacial score (nSPS) is 20.9. The molecular weight excluding hydrogens is 298 g/mol. The number of rotatable bonds is 3. The molecule has 20 heavy (non-hydrogen) atoms. The molecule has 0 aromatic heterocycles. The number of alkyl halides is 1. The highest BCUT2D eigenvalue weighted by atomic mass is 35.5. The van der Waals surface area contributed by atoms with Gasteiger partial charge in [0.1, 0.15) is 5.88 Å². The Morgan fingerprint density at radius 3 is 2.55 bits per heavy atom. The molecule has 6 heteroatoms. The minimum Gasteiger partial charge on any atom is -0.307 e. The van der Waals surface area contributed by atoms with Crippen LogP contribution in [0.5, 0.6) is 0 Å². The number of benzene rings is 1. The second-order valence-electron chi connectivity index (χ2n) is 5.22. The molecule has 1 aliphatic rings. The van der Waals surface area contributed by atoms with Crippen LogP contribution in [-0.4, -0.2) is 37.8 Å². The first kappa shape index (κ1) is 15.3. The molecule has 0 spiro atoms. The number of hydrogen-bond donors (Lipinski definition) is 0. The number of aryl methyl sites for hydroxylation is 2. The topological polar surface area (TPSA) is 54.5 Å². The van der Waals surface area contributed by atoms with Crippen LogP contribution in [0, 0.1) is 13.8 Å². The van der Waals surface area contributed by atoms with Crippen LogP contribution >= 0.6 is 11.6 Å². The van der Waals surface area contributed by atoms with Crippen LogP contribution in [0.25, 0.3) is 0 Å². The smallest absolute Gasteiger partial charge is 0.242 e. The van der Waals surface area contributed by atoms with E-state index in [4.69, 9.17) is 11.6 Å². The molecule has 1 saturated heterocycles. The van der Waals surface area contributed by atoms with Crippen molar-refractivity contribution in [3.63, 3.8) is 0 Å². The van der Waals surface area contributed by atoms with Crippen molar-refractivity contribution in [1.82, 2.24) is 0 Å². The number of nitrogens with zero attached hydrogens (tertiary/aromatic N) is 1. The van der Waals surface area contributed by atoms with Crippen molar-refractivity contribution in [3.8, 4) is 0 Å². The predicted molar refractivity (Wildman–Crippen MR) is 81.2 cm³/mol. The second kappa shape index (κ2) is 5.74. The van der Waals surface area contributed by atoms with E-state index in [0.717, 1.165) is 16.8 Å². The van der Waals surface area contributed by atoms with Gasteiger partial charge in [0.2, 0.25) is 5.91 Å². The fourth-order valence-corrected chi connectivity index (χ4v) is 4.31. The maximum Gasteiger partial charge on any atom is 0.242 e. The van der Waals surface area contributed by atoms with E-state index < -0.39 is 9.84 Å². The highest BCUT2D eigenvalue weighted by Gasteiger charge is 2.35. The summed E-state index contributed by atoms with van der Waals surface area (Å²) in [5, 5.41) is 0. The third kappa shape index (κ3) is 3.15. The molecule has 0 aliphatic carbocycles. The maximum atomic E-state index is 12.1. The second-order valence-corrected chi connectivity index (χ2v) is 7.72. The molecule has 1 atom stereocenters. The van der Waals surface area contributed by atoms with Crippen molar-refractivity contribution in [2.75, 3.05) is 22.3 Å². The molecule has 1 aromatic rings. The molecule has 2 rings (SSSR count). The van der Waals surface area contributed by atoms with Gasteiger partial charge in [-0.05, 0) is 43.5 Å². The highest BCUT2D eigenvalue weighted by molar-refractivity contribution is 7.91. The number of amides is 1. The van der Waals surface area contributed by atoms with Crippen molar-refractivity contribution in [2.24, 2.45) is 0 Å². The highest BCUT2D eigenvalue weighted by Crippen LogP contribution is 2.26. The molecule has 0 saturated carbocycles. The van der Waals surface area contributed by atoms with Gasteiger partial charge in [0.05, 0.1) is 17.5 Å². The van der Waals surface area contributed by atoms with Crippen molar-refractivity contribution in [3.05, 3.63) is 29.3 Å². The van der Waals surface area contributed by atoms with Crippen molar-refractivity contribution in [1.29, 1.82) is 0 Å². The van der Waals surface area contributed by atoms with Crippen LogP contribution in [0.15, 0.2) is 18.2 Å². The van der Waals surface area contributed by atoms with Crippen LogP contribution < -0.4 is 4.90 Å². The standard InChI is InChI=1S/C14H18ClNO3S/c1-10-3-4-12(7-11(10)2)16(14(17)8-15)13-5-6-20(18,19)9-13/h3-4,7,13H,5-6,8-9H2,1-2H3. The average molecular weight is 316 g/mol. The third-order valence-corrected chi connectivity index (χ3v) is 5.70. The van der Waals surface area contributed by atoms with Gasteiger partial charge >= 0.3 is 0 Å². The number of carbonyl (C=O) groups is 1. The van der Waals surface area contributed by atoms with Gasteiger partial charge in [-0.15, -0.1) is 11.6 Å². The minimum atomic E-state index is -3.05. The zero-order chi connectivity index (χ0) is 14.9. The van der Waals surface area contributed by atoms with Crippen LogP contribution in [0.1, 0.15) is 17.5 Å². The Morgan fingerprint density at radius 2 is 2.05 bits per heavy atom. The first-order chi connectivity index (χ1) is 9.34. The van der Waals surface area contributed by atoms with Gasteiger partial charge in [0.25, 0.3) is 0 Å². The van der Waals surface area contributed by atoms with E-state index in [0.29, 0.717) is 6.42 Å². The molecule has 1 unspecified atom stereocenters. The van der Waals surface area contributed by atoms with E-state index in [1.54, 1.807) is 4.90 Å². The molecule has 0 bridgehead atoms. The third-order valence-electron chi connectivity index (χ3n) is 3.73. The van der Waals surface area contributed by atoms with E-state index in [9.17, 15) is 13.2 Å². The van der Waals surface area contributed by atoms with Gasteiger partial charge < -0.3 is 4.90 Å². The van der Waals surface area contributed by atoms with Gasteiger partial charge in [-0.3, -0.25) is 4.79 Å². The molecule has 1 fully saturated rings. The summed E-state index contributed by atoms with van der Waals surface area (Å²) in [5.41, 5.74) is 2.92. The fourth-order valence-electron chi connectivity index (χ4n) is 2.48. The molecule has 1 amide bonds. The Hall–Kier alpha value is -1.07. The van der Waals surface area contributed by atoms with Gasteiger partial charge in [0.15, 0.2) is 9.84 Å². The number of anilines is 1. The predicted octanol–water partition coefficient (Wildman–Crippen LogP) is 2.06. The Balaban J connectivity index is 2.38. The van der Waals surface area contributed by atoms with E-state index in [2.05, 4.69) is 0 Å². The number of halogens is 1. The average Bonchev–Trinajstić information content (AvgIpc) is 2.74. The van der Waals surface area contributed by atoms with Crippen LogP contribution in [-0.2, 0) is 14.6 Å². The van der Waals surface area contributed by atoms with Gasteiger partial charge in [-0.1, -0.05) is 6.07 Å². The summed E-state index contributed by atoms with van der Waals surface area (Å²) in [5.74, 6) is -0.252. The number of sulfone groups is 1. The number of hydrogen-bond acceptors (Lipinski definition) is 3. The largest absolute Gasteiger partial charge is 0.307 e. The number of carbonyl (C=O) groups excluding carboxylic acids is 1. The molecular formula is C14H18ClNO3S. The summed E-state index contributed by atoms with van der Waals surface area (Å²) in [7, 11) is -3.05. The van der Waals surface area contributed by atoms with Gasteiger partial charge in [-0.25, -0.2) is 8.42 Å². The Kier molecular flexibility index (Phi) is 4.39. The van der Waals surface area contributed by atoms with Crippen molar-refractivity contribution >= 4 is 33.0 Å². The molecule has 1 heterocycles. The first-order valence-electron chi connectivity index (χ1n) is 6.50. The summed E-state index contributed by atoms with van der Waals surface area (Å²) in [4.78, 5) is 13.7. The fraction of sp³-hybridized carbons (Fsp3) is 0.500. The Bertz CT molecular complexity index is 627. The molecule has 110 valence electrons. The summed E-state index contributed by atoms with van der Waals surface area (Å²) >= 11 is 5.68. The Morgan fingerprint density at radius 1 is 1.35 bits per heavy atom. The molecule has 1 aromatic carbocycles. The summed E-state index contributed by atoms with van der Waals surface area (Å²) in [6.07, 6.45) is 0.470. The lowest BCUT2D eigenvalue weighted by atomic mass is 10.1. The quantitative estimate of drug-likeness (QED) is 0.802. The van der Waals surface area contributed by atoms with Gasteiger partial charge in [0, 0.05) is 5.69 Å². The minimum absolute atomic E-state index is 0.0164. The van der Waals surface area contributed by atoms with E-state index in [1.165, 1.54) is 0 Å². The molecule has 4 nitrogen and oxygen atoms in total. The zero-order valence-electron chi connectivity index (χ0n) is 11.6. The molecule has 1 aliphatic heterocycles. The van der Waals surface area contributed by atoms with Crippen LogP contribution in [0.3, 0.4) is 0 Å². The lowest BCUT2D eigenvalue weighted by Gasteiger charge is -2.28. The van der Waals surface area contributed by atoms with E-state index >= 15 is 0 Å². The first-order valence-corrected chi connectivity index (χ1v) is 8.85. The van der Waals surface area contributed by atoms with Crippen LogP contribution in [0.2, 0.25) is 0 Å². The van der Waals surface area contributed by atoms with Crippen molar-refractivity contribution < 1.29 is 13.2 Å². The molecule has 0 N–H and O–H groups in total. The van der Waals surface area contributed by atoms with Crippen LogP contribution in [0.4, 0.5) is 5.69 Å². The Labute approximate surface area is 124 Å². The summed E-state index contributed by atoms with van der Waals surface area (Å²) in [6, 6.07) is 5.37. The molecule has 0 radical (unpaired) electrons. The lowest BCUT2D eigenvalue weighted by molar-refractivity contribution is -0.116.